The van der Waals surface area contributed by atoms with Crippen LogP contribution < -0.4 is 10.2 Å². The molecule has 11 heteroatoms. The summed E-state index contributed by atoms with van der Waals surface area (Å²) in [5.41, 5.74) is 4.66. The summed E-state index contributed by atoms with van der Waals surface area (Å²) in [6.45, 7) is 5.10. The number of nitrogens with zero attached hydrogens (tertiary/aromatic N) is 8. The molecule has 1 amide bonds. The third kappa shape index (κ3) is 4.32. The van der Waals surface area contributed by atoms with E-state index in [2.05, 4.69) is 43.0 Å². The van der Waals surface area contributed by atoms with Crippen LogP contribution in [0.15, 0.2) is 49.1 Å². The maximum Gasteiger partial charge on any atom is 0.254 e. The summed E-state index contributed by atoms with van der Waals surface area (Å²) in [5, 5.41) is 19.2. The van der Waals surface area contributed by atoms with E-state index in [9.17, 15) is 4.79 Å². The van der Waals surface area contributed by atoms with Gasteiger partial charge in [0.1, 0.15) is 12.1 Å². The summed E-state index contributed by atoms with van der Waals surface area (Å²) in [5.74, 6) is 0.827. The van der Waals surface area contributed by atoms with Gasteiger partial charge in [0.25, 0.3) is 5.91 Å². The number of aryl methyl sites for hydroxylation is 1. The van der Waals surface area contributed by atoms with Gasteiger partial charge in [-0.2, -0.15) is 5.10 Å². The Morgan fingerprint density at radius 3 is 2.75 bits per heavy atom. The van der Waals surface area contributed by atoms with Crippen LogP contribution in [0.1, 0.15) is 46.4 Å². The van der Waals surface area contributed by atoms with Gasteiger partial charge in [0.2, 0.25) is 0 Å². The number of hydrogen-bond donors (Lipinski definition) is 1. The lowest BCUT2D eigenvalue weighted by molar-refractivity contribution is 0.0896. The Morgan fingerprint density at radius 1 is 1.17 bits per heavy atom. The summed E-state index contributed by atoms with van der Waals surface area (Å²) >= 11 is 6.17. The van der Waals surface area contributed by atoms with E-state index in [1.165, 1.54) is 30.3 Å². The SMILES string of the molecule is Cc1nc(N2CC3(CCC3)C2)ccc1Cn1cc(C(=O)NCc2cc(Cl)ccc2-n2cnnn2)cn1. The molecule has 3 aromatic heterocycles. The molecule has 0 unspecified atom stereocenters. The predicted molar refractivity (Wildman–Crippen MR) is 134 cm³/mol. The minimum absolute atomic E-state index is 0.225. The van der Waals surface area contributed by atoms with Gasteiger partial charge in [0, 0.05) is 42.0 Å². The van der Waals surface area contributed by atoms with E-state index in [0.29, 0.717) is 22.5 Å². The Bertz CT molecular complexity index is 1400. The fourth-order valence-corrected chi connectivity index (χ4v) is 5.24. The zero-order chi connectivity index (χ0) is 24.7. The van der Waals surface area contributed by atoms with Crippen LogP contribution in [0.5, 0.6) is 0 Å². The van der Waals surface area contributed by atoms with Crippen molar-refractivity contribution in [1.29, 1.82) is 0 Å². The van der Waals surface area contributed by atoms with Crippen molar-refractivity contribution in [3.8, 4) is 5.69 Å². The molecule has 4 aromatic rings. The first-order valence-corrected chi connectivity index (χ1v) is 12.4. The topological polar surface area (TPSA) is 107 Å². The number of benzene rings is 1. The average molecular weight is 504 g/mol. The van der Waals surface area contributed by atoms with Gasteiger partial charge in [0.05, 0.1) is 24.0 Å². The van der Waals surface area contributed by atoms with Crippen LogP contribution in [-0.2, 0) is 13.1 Å². The van der Waals surface area contributed by atoms with Crippen molar-refractivity contribution in [1.82, 2.24) is 40.3 Å². The molecule has 4 heterocycles. The minimum atomic E-state index is -0.225. The normalized spacial score (nSPS) is 16.0. The van der Waals surface area contributed by atoms with Crippen LogP contribution in [-0.4, -0.2) is 54.0 Å². The fraction of sp³-hybridized carbons (Fsp3) is 0.360. The molecule has 36 heavy (non-hydrogen) atoms. The zero-order valence-electron chi connectivity index (χ0n) is 19.9. The number of pyridine rings is 1. The highest BCUT2D eigenvalue weighted by atomic mass is 35.5. The van der Waals surface area contributed by atoms with Crippen molar-refractivity contribution < 1.29 is 4.79 Å². The highest BCUT2D eigenvalue weighted by Gasteiger charge is 2.47. The van der Waals surface area contributed by atoms with Gasteiger partial charge in [-0.25, -0.2) is 9.67 Å². The molecule has 1 saturated carbocycles. The van der Waals surface area contributed by atoms with Crippen LogP contribution in [0.4, 0.5) is 5.82 Å². The number of nitrogens with one attached hydrogen (secondary N) is 1. The van der Waals surface area contributed by atoms with E-state index < -0.39 is 0 Å². The van der Waals surface area contributed by atoms with Crippen molar-refractivity contribution in [3.63, 3.8) is 0 Å². The first kappa shape index (κ1) is 22.7. The number of halogens is 1. The standard InChI is InChI=1S/C25H26ClN9O/c1-17-18(3-6-23(30-17)33-14-25(15-33)7-2-8-25)12-34-13-20(11-29-34)24(36)27-10-19-9-21(26)4-5-22(19)35-16-28-31-32-35/h3-6,9,11,13,16H,2,7-8,10,12,14-15H2,1H3,(H,27,36). The molecule has 2 fully saturated rings. The van der Waals surface area contributed by atoms with Crippen LogP contribution in [0.25, 0.3) is 5.69 Å². The van der Waals surface area contributed by atoms with Crippen molar-refractivity contribution in [2.45, 2.75) is 39.3 Å². The Labute approximate surface area is 213 Å². The Kier molecular flexibility index (Phi) is 5.67. The number of carbonyl (C=O) groups excluding carboxylic acids is 1. The van der Waals surface area contributed by atoms with Gasteiger partial charge in [-0.3, -0.25) is 9.48 Å². The summed E-state index contributed by atoms with van der Waals surface area (Å²) in [6, 6.07) is 9.57. The van der Waals surface area contributed by atoms with Gasteiger partial charge in [-0.05, 0) is 65.6 Å². The van der Waals surface area contributed by atoms with Crippen LogP contribution in [0.2, 0.25) is 5.02 Å². The molecular weight excluding hydrogens is 478 g/mol. The highest BCUT2D eigenvalue weighted by Crippen LogP contribution is 2.49. The average Bonchev–Trinajstić information content (AvgIpc) is 3.50. The molecule has 1 aliphatic heterocycles. The number of aromatic nitrogens is 7. The summed E-state index contributed by atoms with van der Waals surface area (Å²) < 4.78 is 3.29. The maximum atomic E-state index is 12.8. The molecule has 184 valence electrons. The summed E-state index contributed by atoms with van der Waals surface area (Å²) in [6.07, 6.45) is 8.90. The predicted octanol–water partition coefficient (Wildman–Crippen LogP) is 3.18. The molecule has 1 spiro atoms. The van der Waals surface area contributed by atoms with E-state index in [-0.39, 0.29) is 12.5 Å². The lowest BCUT2D eigenvalue weighted by Crippen LogP contribution is -2.60. The second-order valence-electron chi connectivity index (χ2n) is 9.76. The molecule has 0 bridgehead atoms. The molecule has 1 saturated heterocycles. The molecule has 0 atom stereocenters. The number of carbonyl (C=O) groups is 1. The largest absolute Gasteiger partial charge is 0.355 e. The number of rotatable bonds is 7. The van der Waals surface area contributed by atoms with E-state index in [1.54, 1.807) is 29.2 Å². The second kappa shape index (κ2) is 9.02. The molecule has 10 nitrogen and oxygen atoms in total. The molecule has 1 aromatic carbocycles. The third-order valence-electron chi connectivity index (χ3n) is 7.28. The molecule has 1 N–H and O–H groups in total. The van der Waals surface area contributed by atoms with E-state index >= 15 is 0 Å². The first-order valence-electron chi connectivity index (χ1n) is 12.0. The minimum Gasteiger partial charge on any atom is -0.355 e. The van der Waals surface area contributed by atoms with Crippen LogP contribution in [0.3, 0.4) is 0 Å². The Morgan fingerprint density at radius 2 is 2.03 bits per heavy atom. The van der Waals surface area contributed by atoms with Crippen molar-refractivity contribution in [2.24, 2.45) is 5.41 Å². The Balaban J connectivity index is 1.09. The molecular formula is C25H26ClN9O. The highest BCUT2D eigenvalue weighted by molar-refractivity contribution is 6.30. The van der Waals surface area contributed by atoms with E-state index in [4.69, 9.17) is 16.6 Å². The lowest BCUT2D eigenvalue weighted by Gasteiger charge is -2.56. The van der Waals surface area contributed by atoms with Crippen molar-refractivity contribution in [3.05, 3.63) is 76.5 Å². The molecule has 6 rings (SSSR count). The van der Waals surface area contributed by atoms with Crippen molar-refractivity contribution >= 4 is 23.3 Å². The number of tetrazole rings is 1. The second-order valence-corrected chi connectivity index (χ2v) is 10.2. The zero-order valence-corrected chi connectivity index (χ0v) is 20.7. The maximum absolute atomic E-state index is 12.8. The smallest absolute Gasteiger partial charge is 0.254 e. The van der Waals surface area contributed by atoms with Gasteiger partial charge < -0.3 is 10.2 Å². The van der Waals surface area contributed by atoms with Crippen molar-refractivity contribution in [2.75, 3.05) is 18.0 Å². The monoisotopic (exact) mass is 503 g/mol. The van der Waals surface area contributed by atoms with Gasteiger partial charge in [0.15, 0.2) is 0 Å². The van der Waals surface area contributed by atoms with Gasteiger partial charge in [-0.1, -0.05) is 24.1 Å². The molecule has 2 aliphatic rings. The van der Waals surface area contributed by atoms with Crippen LogP contribution >= 0.6 is 11.6 Å². The molecule has 1 aliphatic carbocycles. The van der Waals surface area contributed by atoms with Gasteiger partial charge >= 0.3 is 0 Å². The fourth-order valence-electron chi connectivity index (χ4n) is 5.05. The first-order chi connectivity index (χ1) is 17.5. The number of amides is 1. The Hall–Kier alpha value is -3.79. The van der Waals surface area contributed by atoms with Gasteiger partial charge in [-0.15, -0.1) is 5.10 Å². The summed E-state index contributed by atoms with van der Waals surface area (Å²) in [7, 11) is 0. The van der Waals surface area contributed by atoms with Crippen LogP contribution in [0, 0.1) is 12.3 Å². The lowest BCUT2D eigenvalue weighted by atomic mass is 9.63. The quantitative estimate of drug-likeness (QED) is 0.412. The van der Waals surface area contributed by atoms with E-state index in [1.807, 2.05) is 13.0 Å². The number of hydrogen-bond acceptors (Lipinski definition) is 7. The molecule has 0 radical (unpaired) electrons. The summed E-state index contributed by atoms with van der Waals surface area (Å²) in [4.78, 5) is 20.0. The number of anilines is 1. The third-order valence-corrected chi connectivity index (χ3v) is 7.51. The van der Waals surface area contributed by atoms with E-state index in [0.717, 1.165) is 41.4 Å².